The van der Waals surface area contributed by atoms with Crippen molar-refractivity contribution in [3.63, 3.8) is 0 Å². The molecule has 1 aliphatic heterocycles. The van der Waals surface area contributed by atoms with Crippen LogP contribution in [0.15, 0.2) is 12.4 Å². The summed E-state index contributed by atoms with van der Waals surface area (Å²) in [6.45, 7) is 7.53. The zero-order chi connectivity index (χ0) is 35.3. The van der Waals surface area contributed by atoms with Gasteiger partial charge in [0, 0.05) is 24.5 Å². The van der Waals surface area contributed by atoms with E-state index in [1.807, 2.05) is 27.7 Å². The molecule has 2 heterocycles. The SMILES string of the molecule is CCC[C@H](NC(=O)[C@@H]1C[C@@H]2CCCC[C@@H]2N1C(=O)[C@@H](NC(=O)[C@@H](NC(=O)c1ncc[nH]1)C1CCCCC1)C(C)(C)C)C(=O)C(=O)NC1CC1. The van der Waals surface area contributed by atoms with E-state index in [-0.39, 0.29) is 35.7 Å². The van der Waals surface area contributed by atoms with Crippen LogP contribution in [0, 0.1) is 17.3 Å². The Morgan fingerprint density at radius 3 is 2.24 bits per heavy atom. The van der Waals surface area contributed by atoms with Crippen LogP contribution in [0.5, 0.6) is 0 Å². The standard InChI is InChI=1S/C36H55N7O6/c1-5-11-24(28(44)33(47)39-23-16-17-23)40-31(45)26-20-22-14-9-10-15-25(22)43(26)35(49)29(36(2,3)4)42-32(46)27(21-12-7-6-8-13-21)41-34(48)30-37-18-19-38-30/h18-19,21-27,29H,5-17,20H2,1-4H3,(H,37,38)(H,39,47)(H,40,45)(H,41,48)(H,42,46)/t22-,24-,25-,26-,27-,29+/m0/s1. The van der Waals surface area contributed by atoms with E-state index in [9.17, 15) is 28.8 Å². The number of likely N-dealkylation sites (tertiary alicyclic amines) is 1. The minimum atomic E-state index is -0.986. The largest absolute Gasteiger partial charge is 0.347 e. The van der Waals surface area contributed by atoms with Crippen molar-refractivity contribution in [1.82, 2.24) is 36.1 Å². The highest BCUT2D eigenvalue weighted by atomic mass is 16.2. The minimum absolute atomic E-state index is 0.0150. The van der Waals surface area contributed by atoms with Gasteiger partial charge in [-0.15, -0.1) is 0 Å². The summed E-state index contributed by atoms with van der Waals surface area (Å²) in [6.07, 6.45) is 14.1. The number of Topliss-reactive ketones (excluding diaryl/α,β-unsaturated/α-hetero) is 1. The Bertz CT molecular complexity index is 1360. The summed E-state index contributed by atoms with van der Waals surface area (Å²) in [5, 5.41) is 11.5. The van der Waals surface area contributed by atoms with Gasteiger partial charge in [-0.1, -0.05) is 66.2 Å². The number of carbonyl (C=O) groups is 6. The van der Waals surface area contributed by atoms with Crippen LogP contribution in [0.3, 0.4) is 0 Å². The Morgan fingerprint density at radius 1 is 0.918 bits per heavy atom. The summed E-state index contributed by atoms with van der Waals surface area (Å²) in [5.41, 5.74) is -0.732. The van der Waals surface area contributed by atoms with Gasteiger partial charge in [0.2, 0.25) is 23.5 Å². The van der Waals surface area contributed by atoms with E-state index in [1.54, 1.807) is 11.1 Å². The zero-order valence-corrected chi connectivity index (χ0v) is 29.5. The summed E-state index contributed by atoms with van der Waals surface area (Å²) >= 11 is 0. The van der Waals surface area contributed by atoms with Gasteiger partial charge in [-0.2, -0.15) is 0 Å². The summed E-state index contributed by atoms with van der Waals surface area (Å²) in [6, 6.07) is -3.83. The number of ketones is 1. The third-order valence-corrected chi connectivity index (χ3v) is 10.8. The molecule has 5 amide bonds. The number of hydrogen-bond acceptors (Lipinski definition) is 7. The summed E-state index contributed by atoms with van der Waals surface area (Å²) in [4.78, 5) is 90.4. The van der Waals surface area contributed by atoms with E-state index in [2.05, 4.69) is 31.2 Å². The molecular formula is C36H55N7O6. The van der Waals surface area contributed by atoms with Gasteiger partial charge in [0.15, 0.2) is 5.82 Å². The molecule has 0 bridgehead atoms. The molecule has 0 aromatic carbocycles. The lowest BCUT2D eigenvalue weighted by molar-refractivity contribution is -0.147. The van der Waals surface area contributed by atoms with Gasteiger partial charge in [-0.25, -0.2) is 4.98 Å². The van der Waals surface area contributed by atoms with Gasteiger partial charge in [0.25, 0.3) is 11.8 Å². The van der Waals surface area contributed by atoms with E-state index in [1.165, 1.54) is 6.20 Å². The third kappa shape index (κ3) is 8.88. The maximum absolute atomic E-state index is 14.8. The van der Waals surface area contributed by atoms with Crippen LogP contribution >= 0.6 is 0 Å². The molecule has 0 spiro atoms. The molecule has 270 valence electrons. The van der Waals surface area contributed by atoms with Crippen LogP contribution < -0.4 is 21.3 Å². The molecule has 49 heavy (non-hydrogen) atoms. The van der Waals surface area contributed by atoms with E-state index >= 15 is 0 Å². The number of H-pyrrole nitrogens is 1. The zero-order valence-electron chi connectivity index (χ0n) is 29.5. The van der Waals surface area contributed by atoms with E-state index < -0.39 is 59.0 Å². The number of aromatic nitrogens is 2. The maximum atomic E-state index is 14.8. The summed E-state index contributed by atoms with van der Waals surface area (Å²) in [5.74, 6) is -2.94. The van der Waals surface area contributed by atoms with Crippen molar-refractivity contribution in [3.8, 4) is 0 Å². The topological polar surface area (TPSA) is 182 Å². The van der Waals surface area contributed by atoms with Crippen molar-refractivity contribution in [2.24, 2.45) is 17.3 Å². The second kappa shape index (κ2) is 15.8. The predicted octanol–water partition coefficient (Wildman–Crippen LogP) is 2.91. The number of imidazole rings is 1. The second-order valence-electron chi connectivity index (χ2n) is 15.7. The van der Waals surface area contributed by atoms with E-state index in [4.69, 9.17) is 0 Å². The molecule has 1 aromatic heterocycles. The van der Waals surface area contributed by atoms with Crippen molar-refractivity contribution in [1.29, 1.82) is 0 Å². The van der Waals surface area contributed by atoms with Crippen LogP contribution in [0.1, 0.15) is 128 Å². The number of fused-ring (bicyclic) bond motifs is 1. The number of amides is 5. The lowest BCUT2D eigenvalue weighted by atomic mass is 9.81. The number of aromatic amines is 1. The Hall–Kier alpha value is -3.77. The van der Waals surface area contributed by atoms with Crippen molar-refractivity contribution >= 4 is 35.3 Å². The molecule has 13 heteroatoms. The fourth-order valence-electron chi connectivity index (χ4n) is 7.97. The maximum Gasteiger partial charge on any atom is 0.289 e. The lowest BCUT2D eigenvalue weighted by Crippen LogP contribution is -2.63. The Labute approximate surface area is 289 Å². The van der Waals surface area contributed by atoms with Crippen LogP contribution in [0.2, 0.25) is 0 Å². The van der Waals surface area contributed by atoms with Crippen molar-refractivity contribution in [3.05, 3.63) is 18.2 Å². The molecule has 0 unspecified atom stereocenters. The Morgan fingerprint density at radius 2 is 1.61 bits per heavy atom. The molecule has 4 fully saturated rings. The number of rotatable bonds is 13. The van der Waals surface area contributed by atoms with Crippen LogP contribution in [0.4, 0.5) is 0 Å². The van der Waals surface area contributed by atoms with Crippen LogP contribution in [-0.2, 0) is 24.0 Å². The second-order valence-corrected chi connectivity index (χ2v) is 15.7. The predicted molar refractivity (Wildman–Crippen MR) is 182 cm³/mol. The Balaban J connectivity index is 1.37. The molecule has 6 atom stereocenters. The number of hydrogen-bond donors (Lipinski definition) is 5. The molecule has 1 saturated heterocycles. The molecular weight excluding hydrogens is 626 g/mol. The number of carbonyl (C=O) groups excluding carboxylic acids is 6. The highest BCUT2D eigenvalue weighted by molar-refractivity contribution is 6.38. The normalized spacial score (nSPS) is 24.6. The van der Waals surface area contributed by atoms with Gasteiger partial charge in [-0.3, -0.25) is 28.8 Å². The minimum Gasteiger partial charge on any atom is -0.347 e. The molecule has 4 aliphatic rings. The molecule has 3 saturated carbocycles. The average Bonchev–Trinajstić information content (AvgIpc) is 3.55. The first-order chi connectivity index (χ1) is 23.4. The molecule has 3 aliphatic carbocycles. The van der Waals surface area contributed by atoms with Gasteiger partial charge >= 0.3 is 0 Å². The fraction of sp³-hybridized carbons (Fsp3) is 0.750. The highest BCUT2D eigenvalue weighted by Crippen LogP contribution is 2.41. The molecule has 5 rings (SSSR count). The molecule has 13 nitrogen and oxygen atoms in total. The first kappa shape index (κ1) is 36.5. The van der Waals surface area contributed by atoms with Crippen LogP contribution in [-0.4, -0.2) is 86.4 Å². The molecule has 1 aromatic rings. The van der Waals surface area contributed by atoms with E-state index in [0.717, 1.165) is 70.6 Å². The number of nitrogens with one attached hydrogen (secondary N) is 5. The van der Waals surface area contributed by atoms with Gasteiger partial charge in [0.05, 0.1) is 6.04 Å². The van der Waals surface area contributed by atoms with E-state index in [0.29, 0.717) is 19.3 Å². The Kier molecular flexibility index (Phi) is 11.8. The van der Waals surface area contributed by atoms with Gasteiger partial charge in [-0.05, 0) is 68.6 Å². The number of nitrogens with zero attached hydrogens (tertiary/aromatic N) is 2. The quantitative estimate of drug-likeness (QED) is 0.198. The summed E-state index contributed by atoms with van der Waals surface area (Å²) < 4.78 is 0. The van der Waals surface area contributed by atoms with Crippen LogP contribution in [0.25, 0.3) is 0 Å². The third-order valence-electron chi connectivity index (χ3n) is 10.8. The smallest absolute Gasteiger partial charge is 0.289 e. The fourth-order valence-corrected chi connectivity index (χ4v) is 7.97. The highest BCUT2D eigenvalue weighted by Gasteiger charge is 2.51. The lowest BCUT2D eigenvalue weighted by Gasteiger charge is -2.40. The monoisotopic (exact) mass is 681 g/mol. The van der Waals surface area contributed by atoms with Crippen molar-refractivity contribution in [2.75, 3.05) is 0 Å². The molecule has 5 N–H and O–H groups in total. The van der Waals surface area contributed by atoms with Crippen molar-refractivity contribution < 1.29 is 28.8 Å². The van der Waals surface area contributed by atoms with Crippen molar-refractivity contribution in [2.45, 2.75) is 154 Å². The van der Waals surface area contributed by atoms with Gasteiger partial charge in [0.1, 0.15) is 18.1 Å². The summed E-state index contributed by atoms with van der Waals surface area (Å²) in [7, 11) is 0. The average molecular weight is 682 g/mol. The first-order valence-corrected chi connectivity index (χ1v) is 18.5. The van der Waals surface area contributed by atoms with Gasteiger partial charge < -0.3 is 31.2 Å². The first-order valence-electron chi connectivity index (χ1n) is 18.5. The molecule has 0 radical (unpaired) electrons.